The quantitative estimate of drug-likeness (QED) is 0.761. The van der Waals surface area contributed by atoms with Crippen molar-refractivity contribution >= 4 is 33.8 Å². The summed E-state index contributed by atoms with van der Waals surface area (Å²) in [4.78, 5) is 11.5. The molecule has 1 saturated heterocycles. The summed E-state index contributed by atoms with van der Waals surface area (Å²) in [5.41, 5.74) is 1.65. The molecule has 1 aliphatic rings. The molecule has 29 heavy (non-hydrogen) atoms. The molecule has 1 N–H and O–H groups in total. The van der Waals surface area contributed by atoms with Crippen molar-refractivity contribution in [3.8, 4) is 5.75 Å². The van der Waals surface area contributed by atoms with E-state index < -0.39 is 10.0 Å². The summed E-state index contributed by atoms with van der Waals surface area (Å²) in [7, 11) is -2.30. The molecule has 1 aromatic heterocycles. The zero-order chi connectivity index (χ0) is 21.0. The van der Waals surface area contributed by atoms with Gasteiger partial charge in [0.05, 0.1) is 20.3 Å². The largest absolute Gasteiger partial charge is 0.495 e. The van der Waals surface area contributed by atoms with Crippen LogP contribution in [0.3, 0.4) is 0 Å². The van der Waals surface area contributed by atoms with Gasteiger partial charge in [-0.05, 0) is 30.7 Å². The van der Waals surface area contributed by atoms with Gasteiger partial charge in [-0.3, -0.25) is 4.79 Å². The second-order valence-corrected chi connectivity index (χ2v) is 8.35. The number of benzene rings is 1. The third-order valence-corrected chi connectivity index (χ3v) is 6.31. The molecule has 0 spiro atoms. The molecule has 3 rings (SSSR count). The molecule has 2 heterocycles. The lowest BCUT2D eigenvalue weighted by molar-refractivity contribution is -0.114. The number of rotatable bonds is 6. The number of hydrogen-bond donors (Lipinski definition) is 1. The van der Waals surface area contributed by atoms with Crippen LogP contribution >= 0.6 is 0 Å². The monoisotopic (exact) mass is 421 g/mol. The lowest BCUT2D eigenvalue weighted by Crippen LogP contribution is -2.40. The second-order valence-electron chi connectivity index (χ2n) is 6.45. The minimum absolute atomic E-state index is 0.0832. The number of sulfonamides is 1. The molecule has 0 radical (unpaired) electrons. The van der Waals surface area contributed by atoms with Gasteiger partial charge in [0.2, 0.25) is 15.9 Å². The second kappa shape index (κ2) is 8.76. The maximum Gasteiger partial charge on any atom is 0.246 e. The standard InChI is InChI=1S/C19H23N3O6S/c1-13-19(20-14(2)23)17(28-21-13)7-5-15-4-6-16(26-3)18(12-15)29(24,25)22-8-10-27-11-9-22/h4-7,12H,8-11H2,1-3H3,(H,20,23)/b7-5+. The van der Waals surface area contributed by atoms with Crippen molar-refractivity contribution in [1.82, 2.24) is 9.46 Å². The Morgan fingerprint density at radius 1 is 1.28 bits per heavy atom. The van der Waals surface area contributed by atoms with Crippen LogP contribution < -0.4 is 10.1 Å². The first-order valence-corrected chi connectivity index (χ1v) is 10.4. The third kappa shape index (κ3) is 4.66. The SMILES string of the molecule is COc1ccc(/C=C/c2onc(C)c2NC(C)=O)cc1S(=O)(=O)N1CCOCC1. The summed E-state index contributed by atoms with van der Waals surface area (Å²) in [6.07, 6.45) is 3.31. The first kappa shape index (κ1) is 21.0. The summed E-state index contributed by atoms with van der Waals surface area (Å²) in [5.74, 6) is 0.392. The van der Waals surface area contributed by atoms with E-state index in [0.717, 1.165) is 0 Å². The number of carbonyl (C=O) groups is 1. The van der Waals surface area contributed by atoms with Gasteiger partial charge in [-0.15, -0.1) is 0 Å². The lowest BCUT2D eigenvalue weighted by atomic mass is 10.2. The molecule has 1 fully saturated rings. The molecule has 1 aromatic carbocycles. The van der Waals surface area contributed by atoms with E-state index in [1.807, 2.05) is 0 Å². The predicted octanol–water partition coefficient (Wildman–Crippen LogP) is 2.14. The normalized spacial score (nSPS) is 15.6. The van der Waals surface area contributed by atoms with Gasteiger partial charge in [0, 0.05) is 20.0 Å². The third-order valence-electron chi connectivity index (χ3n) is 4.39. The van der Waals surface area contributed by atoms with Crippen LogP contribution in [0, 0.1) is 6.92 Å². The van der Waals surface area contributed by atoms with Crippen molar-refractivity contribution in [2.75, 3.05) is 38.7 Å². The summed E-state index contributed by atoms with van der Waals surface area (Å²) < 4.78 is 43.3. The van der Waals surface area contributed by atoms with E-state index in [0.29, 0.717) is 49.0 Å². The van der Waals surface area contributed by atoms with E-state index in [4.69, 9.17) is 14.0 Å². The van der Waals surface area contributed by atoms with Crippen LogP contribution in [0.25, 0.3) is 12.2 Å². The highest BCUT2D eigenvalue weighted by molar-refractivity contribution is 7.89. The molecule has 1 aliphatic heterocycles. The number of morpholine rings is 1. The van der Waals surface area contributed by atoms with Gasteiger partial charge in [-0.2, -0.15) is 4.31 Å². The number of ether oxygens (including phenoxy) is 2. The molecular weight excluding hydrogens is 398 g/mol. The minimum Gasteiger partial charge on any atom is -0.495 e. The smallest absolute Gasteiger partial charge is 0.246 e. The maximum atomic E-state index is 13.1. The van der Waals surface area contributed by atoms with Crippen LogP contribution in [0.4, 0.5) is 5.69 Å². The average molecular weight is 421 g/mol. The Kier molecular flexibility index (Phi) is 6.36. The zero-order valence-electron chi connectivity index (χ0n) is 16.5. The molecule has 156 valence electrons. The fraction of sp³-hybridized carbons (Fsp3) is 0.368. The molecule has 2 aromatic rings. The fourth-order valence-corrected chi connectivity index (χ4v) is 4.52. The van der Waals surface area contributed by atoms with Gasteiger partial charge >= 0.3 is 0 Å². The molecule has 0 unspecified atom stereocenters. The number of aryl methyl sites for hydroxylation is 1. The van der Waals surface area contributed by atoms with Crippen molar-refractivity contribution in [2.24, 2.45) is 0 Å². The Hall–Kier alpha value is -2.69. The molecule has 9 nitrogen and oxygen atoms in total. The topological polar surface area (TPSA) is 111 Å². The zero-order valence-corrected chi connectivity index (χ0v) is 17.3. The first-order valence-electron chi connectivity index (χ1n) is 9.01. The molecule has 0 saturated carbocycles. The number of amides is 1. The average Bonchev–Trinajstić information content (AvgIpc) is 3.05. The van der Waals surface area contributed by atoms with Gasteiger partial charge in [0.1, 0.15) is 22.0 Å². The van der Waals surface area contributed by atoms with Gasteiger partial charge in [0.15, 0.2) is 5.76 Å². The number of methoxy groups -OCH3 is 1. The van der Waals surface area contributed by atoms with Crippen LogP contribution in [-0.2, 0) is 19.6 Å². The van der Waals surface area contributed by atoms with E-state index in [9.17, 15) is 13.2 Å². The van der Waals surface area contributed by atoms with Crippen LogP contribution in [-0.4, -0.2) is 57.2 Å². The fourth-order valence-electron chi connectivity index (χ4n) is 2.93. The Balaban J connectivity index is 1.93. The number of aromatic nitrogens is 1. The van der Waals surface area contributed by atoms with Crippen LogP contribution in [0.2, 0.25) is 0 Å². The van der Waals surface area contributed by atoms with Gasteiger partial charge in [0.25, 0.3) is 0 Å². The van der Waals surface area contributed by atoms with Crippen LogP contribution in [0.15, 0.2) is 27.6 Å². The number of nitrogens with one attached hydrogen (secondary N) is 1. The molecule has 1 amide bonds. The van der Waals surface area contributed by atoms with Gasteiger partial charge in [-0.1, -0.05) is 17.3 Å². The Bertz CT molecular complexity index is 1020. The van der Waals surface area contributed by atoms with E-state index in [1.54, 1.807) is 37.3 Å². The summed E-state index contributed by atoms with van der Waals surface area (Å²) in [5, 5.41) is 6.53. The molecule has 0 bridgehead atoms. The first-order chi connectivity index (χ1) is 13.8. The highest BCUT2D eigenvalue weighted by Gasteiger charge is 2.29. The van der Waals surface area contributed by atoms with Crippen molar-refractivity contribution in [1.29, 1.82) is 0 Å². The van der Waals surface area contributed by atoms with Crippen molar-refractivity contribution in [3.05, 3.63) is 35.2 Å². The number of carbonyl (C=O) groups excluding carboxylic acids is 1. The highest BCUT2D eigenvalue weighted by atomic mass is 32.2. The molecule has 0 aliphatic carbocycles. The number of nitrogens with zero attached hydrogens (tertiary/aromatic N) is 2. The maximum absolute atomic E-state index is 13.1. The molecule has 10 heteroatoms. The Labute approximate surface area is 169 Å². The lowest BCUT2D eigenvalue weighted by Gasteiger charge is -2.26. The van der Waals surface area contributed by atoms with Crippen LogP contribution in [0.1, 0.15) is 23.9 Å². The summed E-state index contributed by atoms with van der Waals surface area (Å²) in [6, 6.07) is 4.88. The van der Waals surface area contributed by atoms with Crippen molar-refractivity contribution < 1.29 is 27.2 Å². The Morgan fingerprint density at radius 2 is 2.00 bits per heavy atom. The van der Waals surface area contributed by atoms with Gasteiger partial charge < -0.3 is 19.3 Å². The summed E-state index contributed by atoms with van der Waals surface area (Å²) in [6.45, 7) is 4.42. The molecule has 0 atom stereocenters. The number of anilines is 1. The predicted molar refractivity (Wildman–Crippen MR) is 107 cm³/mol. The number of hydrogen-bond acceptors (Lipinski definition) is 7. The van der Waals surface area contributed by atoms with Crippen LogP contribution in [0.5, 0.6) is 5.75 Å². The Morgan fingerprint density at radius 3 is 2.66 bits per heavy atom. The van der Waals surface area contributed by atoms with Crippen molar-refractivity contribution in [2.45, 2.75) is 18.7 Å². The van der Waals surface area contributed by atoms with Crippen molar-refractivity contribution in [3.63, 3.8) is 0 Å². The van der Waals surface area contributed by atoms with E-state index in [2.05, 4.69) is 10.5 Å². The highest BCUT2D eigenvalue weighted by Crippen LogP contribution is 2.29. The van der Waals surface area contributed by atoms with E-state index >= 15 is 0 Å². The minimum atomic E-state index is -3.73. The van der Waals surface area contributed by atoms with Gasteiger partial charge in [-0.25, -0.2) is 8.42 Å². The van der Waals surface area contributed by atoms with E-state index in [1.165, 1.54) is 18.3 Å². The summed E-state index contributed by atoms with van der Waals surface area (Å²) >= 11 is 0. The molecular formula is C19H23N3O6S. The van der Waals surface area contributed by atoms with E-state index in [-0.39, 0.29) is 16.6 Å².